The van der Waals surface area contributed by atoms with Gasteiger partial charge in [-0.1, -0.05) is 52.5 Å². The molecule has 5 N–H and O–H groups in total. The van der Waals surface area contributed by atoms with Gasteiger partial charge < -0.3 is 16.4 Å². The summed E-state index contributed by atoms with van der Waals surface area (Å²) in [6, 6.07) is -1.62. The molecule has 0 amide bonds. The fraction of sp³-hybridized carbons (Fsp3) is 0.679. The standard InChI is InChI=1S/C28H44F5N5/c1-8-20(36-21(17(2)34)16-26(3,4)5)23(29)24(37-25(35)28(7,32)33)38-15-9-10-22(38)18-11-13-19(14-12-18)27(6,30)31/h11,13-14,18,20-22,36H,2,8-10,12,15-16,34H2,1,3-7H3,(H2,35,37)/b24-23-. The minimum Gasteiger partial charge on any atom is -0.401 e. The van der Waals surface area contributed by atoms with E-state index in [0.717, 1.165) is 6.92 Å². The Morgan fingerprint density at radius 3 is 2.24 bits per heavy atom. The van der Waals surface area contributed by atoms with Crippen molar-refractivity contribution in [2.75, 3.05) is 6.54 Å². The van der Waals surface area contributed by atoms with Gasteiger partial charge in [-0.3, -0.25) is 5.32 Å². The summed E-state index contributed by atoms with van der Waals surface area (Å²) in [5.74, 6) is -8.60. The Morgan fingerprint density at radius 1 is 1.16 bits per heavy atom. The Labute approximate surface area is 224 Å². The Balaban J connectivity index is 2.50. The van der Waals surface area contributed by atoms with Gasteiger partial charge in [-0.05, 0) is 37.5 Å². The smallest absolute Gasteiger partial charge is 0.301 e. The van der Waals surface area contributed by atoms with E-state index in [-0.39, 0.29) is 28.8 Å². The third-order valence-corrected chi connectivity index (χ3v) is 6.98. The van der Waals surface area contributed by atoms with Gasteiger partial charge in [0.25, 0.3) is 5.92 Å². The molecule has 0 aromatic rings. The summed E-state index contributed by atoms with van der Waals surface area (Å²) in [6.45, 7) is 13.5. The van der Waals surface area contributed by atoms with Gasteiger partial charge in [0.2, 0.25) is 0 Å². The topological polar surface area (TPSA) is 79.7 Å². The number of alkyl halides is 4. The van der Waals surface area contributed by atoms with Crippen molar-refractivity contribution in [1.29, 1.82) is 0 Å². The molecular formula is C28H44F5N5. The van der Waals surface area contributed by atoms with Gasteiger partial charge in [0.15, 0.2) is 17.5 Å². The zero-order chi connectivity index (χ0) is 29.1. The maximum atomic E-state index is 16.3. The van der Waals surface area contributed by atoms with E-state index in [0.29, 0.717) is 51.3 Å². The van der Waals surface area contributed by atoms with Crippen LogP contribution in [0, 0.1) is 11.3 Å². The molecule has 1 aliphatic heterocycles. The SMILES string of the molecule is C=C(N)C(CC(C)(C)C)NC(CC)/C(F)=C(\N=C(N)C(C)(F)F)N1CCCC1C1C=CC(C(C)(F)F)=CC1. The summed E-state index contributed by atoms with van der Waals surface area (Å²) >= 11 is 0. The Hall–Kier alpha value is -2.36. The molecule has 5 nitrogen and oxygen atoms in total. The summed E-state index contributed by atoms with van der Waals surface area (Å²) in [4.78, 5) is 5.61. The molecule has 0 spiro atoms. The molecule has 0 aromatic carbocycles. The third-order valence-electron chi connectivity index (χ3n) is 6.98. The second-order valence-corrected chi connectivity index (χ2v) is 11.8. The molecule has 0 saturated carbocycles. The zero-order valence-corrected chi connectivity index (χ0v) is 23.4. The first-order valence-corrected chi connectivity index (χ1v) is 13.2. The number of hydrogen-bond donors (Lipinski definition) is 3. The van der Waals surface area contributed by atoms with E-state index in [2.05, 4.69) is 16.9 Å². The predicted octanol–water partition coefficient (Wildman–Crippen LogP) is 6.40. The van der Waals surface area contributed by atoms with Crippen molar-refractivity contribution in [2.24, 2.45) is 27.8 Å². The molecule has 2 rings (SSSR count). The van der Waals surface area contributed by atoms with E-state index in [4.69, 9.17) is 11.5 Å². The fourth-order valence-electron chi connectivity index (χ4n) is 4.89. The summed E-state index contributed by atoms with van der Waals surface area (Å²) < 4.78 is 72.0. The van der Waals surface area contributed by atoms with Crippen LogP contribution in [0.2, 0.25) is 0 Å². The minimum absolute atomic E-state index is 0.0738. The monoisotopic (exact) mass is 545 g/mol. The van der Waals surface area contributed by atoms with Gasteiger partial charge in [0.05, 0.1) is 6.04 Å². The lowest BCUT2D eigenvalue weighted by Gasteiger charge is -2.35. The molecule has 1 fully saturated rings. The maximum Gasteiger partial charge on any atom is 0.301 e. The number of amidine groups is 1. The van der Waals surface area contributed by atoms with Crippen LogP contribution in [0.1, 0.15) is 73.6 Å². The minimum atomic E-state index is -3.45. The molecule has 216 valence electrons. The second-order valence-electron chi connectivity index (χ2n) is 11.8. The lowest BCUT2D eigenvalue weighted by molar-refractivity contribution is 0.0663. The van der Waals surface area contributed by atoms with Crippen molar-refractivity contribution in [2.45, 2.75) is 104 Å². The number of nitrogens with one attached hydrogen (secondary N) is 1. The number of nitrogens with two attached hydrogens (primary N) is 2. The van der Waals surface area contributed by atoms with E-state index < -0.39 is 35.6 Å². The Bertz CT molecular complexity index is 966. The number of aliphatic imine (C=N–C) groups is 1. The average Bonchev–Trinajstić information content (AvgIpc) is 3.27. The van der Waals surface area contributed by atoms with Crippen LogP contribution in [-0.2, 0) is 0 Å². The molecule has 2 aliphatic rings. The van der Waals surface area contributed by atoms with E-state index in [9.17, 15) is 17.6 Å². The molecule has 10 heteroatoms. The molecule has 1 saturated heterocycles. The van der Waals surface area contributed by atoms with Crippen LogP contribution in [0.25, 0.3) is 0 Å². The number of allylic oxidation sites excluding steroid dienone is 3. The lowest BCUT2D eigenvalue weighted by Crippen LogP contribution is -2.45. The van der Waals surface area contributed by atoms with Crippen molar-refractivity contribution >= 4 is 5.84 Å². The van der Waals surface area contributed by atoms with Crippen LogP contribution >= 0.6 is 0 Å². The molecule has 0 aromatic heterocycles. The first kappa shape index (κ1) is 31.9. The summed E-state index contributed by atoms with van der Waals surface area (Å²) in [5.41, 5.74) is 11.8. The third kappa shape index (κ3) is 8.58. The van der Waals surface area contributed by atoms with Crippen LogP contribution < -0.4 is 16.8 Å². The lowest BCUT2D eigenvalue weighted by atomic mass is 9.86. The van der Waals surface area contributed by atoms with Gasteiger partial charge in [0.1, 0.15) is 0 Å². The first-order valence-electron chi connectivity index (χ1n) is 13.2. The maximum absolute atomic E-state index is 16.3. The van der Waals surface area contributed by atoms with Crippen LogP contribution in [0.3, 0.4) is 0 Å². The Kier molecular flexibility index (Phi) is 10.2. The molecule has 0 bridgehead atoms. The van der Waals surface area contributed by atoms with Crippen molar-refractivity contribution in [3.05, 3.63) is 47.7 Å². The van der Waals surface area contributed by atoms with Gasteiger partial charge in [-0.25, -0.2) is 18.2 Å². The number of likely N-dealkylation sites (tertiary alicyclic amines) is 1. The average molecular weight is 546 g/mol. The molecule has 4 atom stereocenters. The highest BCUT2D eigenvalue weighted by atomic mass is 19.3. The number of rotatable bonds is 11. The Morgan fingerprint density at radius 2 is 1.79 bits per heavy atom. The molecule has 1 aliphatic carbocycles. The van der Waals surface area contributed by atoms with E-state index in [1.807, 2.05) is 20.8 Å². The molecule has 0 radical (unpaired) electrons. The molecule has 1 heterocycles. The largest absolute Gasteiger partial charge is 0.401 e. The number of hydrogen-bond acceptors (Lipinski definition) is 4. The van der Waals surface area contributed by atoms with Gasteiger partial charge in [-0.2, -0.15) is 8.78 Å². The van der Waals surface area contributed by atoms with E-state index in [1.54, 1.807) is 17.9 Å². The number of halogens is 5. The molecule has 38 heavy (non-hydrogen) atoms. The second kappa shape index (κ2) is 12.2. The first-order chi connectivity index (χ1) is 17.3. The highest BCUT2D eigenvalue weighted by molar-refractivity contribution is 5.87. The van der Waals surface area contributed by atoms with Gasteiger partial charge in [-0.15, -0.1) is 0 Å². The van der Waals surface area contributed by atoms with E-state index >= 15 is 4.39 Å². The highest BCUT2D eigenvalue weighted by Crippen LogP contribution is 2.37. The molecular weight excluding hydrogens is 501 g/mol. The number of nitrogens with zero attached hydrogens (tertiary/aromatic N) is 2. The van der Waals surface area contributed by atoms with Gasteiger partial charge >= 0.3 is 5.92 Å². The van der Waals surface area contributed by atoms with E-state index in [1.165, 1.54) is 12.2 Å². The van der Waals surface area contributed by atoms with Crippen LogP contribution in [0.15, 0.2) is 52.7 Å². The van der Waals surface area contributed by atoms with Crippen LogP contribution in [0.4, 0.5) is 22.0 Å². The summed E-state index contributed by atoms with van der Waals surface area (Å²) in [7, 11) is 0. The predicted molar refractivity (Wildman–Crippen MR) is 144 cm³/mol. The van der Waals surface area contributed by atoms with Crippen LogP contribution in [0.5, 0.6) is 0 Å². The van der Waals surface area contributed by atoms with Crippen molar-refractivity contribution in [3.63, 3.8) is 0 Å². The summed E-state index contributed by atoms with van der Waals surface area (Å²) in [5, 5.41) is 3.20. The molecule has 4 unspecified atom stereocenters. The van der Waals surface area contributed by atoms with Crippen molar-refractivity contribution in [1.82, 2.24) is 10.2 Å². The zero-order valence-electron chi connectivity index (χ0n) is 23.4. The van der Waals surface area contributed by atoms with Crippen molar-refractivity contribution < 1.29 is 22.0 Å². The normalized spacial score (nSPS) is 23.7. The van der Waals surface area contributed by atoms with Crippen LogP contribution in [-0.4, -0.2) is 47.3 Å². The summed E-state index contributed by atoms with van der Waals surface area (Å²) in [6.07, 6.45) is 7.06. The fourth-order valence-corrected chi connectivity index (χ4v) is 4.89. The quantitative estimate of drug-likeness (QED) is 0.159. The van der Waals surface area contributed by atoms with Crippen molar-refractivity contribution in [3.8, 4) is 0 Å². The highest BCUT2D eigenvalue weighted by Gasteiger charge is 2.38. The van der Waals surface area contributed by atoms with Gasteiger partial charge in [0, 0.05) is 49.7 Å².